The molecular formula is C17H32N2O2. The molecule has 2 aliphatic rings. The summed E-state index contributed by atoms with van der Waals surface area (Å²) in [5, 5.41) is 3.51. The normalized spacial score (nSPS) is 23.5. The number of carbonyl (C=O) groups is 1. The highest BCUT2D eigenvalue weighted by molar-refractivity contribution is 5.80. The molecule has 1 N–H and O–H groups in total. The van der Waals surface area contributed by atoms with E-state index in [1.165, 1.54) is 45.8 Å². The minimum atomic E-state index is -0.553. The molecule has 0 aliphatic heterocycles. The lowest BCUT2D eigenvalue weighted by Crippen LogP contribution is -2.55. The van der Waals surface area contributed by atoms with Gasteiger partial charge in [-0.3, -0.25) is 10.1 Å². The molecule has 122 valence electrons. The molecule has 0 aromatic carbocycles. The maximum absolute atomic E-state index is 12.2. The van der Waals surface area contributed by atoms with Crippen LogP contribution in [0.1, 0.15) is 59.3 Å². The lowest BCUT2D eigenvalue weighted by Gasteiger charge is -2.39. The van der Waals surface area contributed by atoms with Crippen LogP contribution < -0.4 is 5.32 Å². The third-order valence-electron chi connectivity index (χ3n) is 5.19. The van der Waals surface area contributed by atoms with Crippen LogP contribution in [-0.2, 0) is 9.53 Å². The summed E-state index contributed by atoms with van der Waals surface area (Å²) in [6, 6.07) is 0.897. The SMILES string of the molecule is CCN(CC1CCC1)C(C)CC(C)(NC1CC1)C(=O)OC. The van der Waals surface area contributed by atoms with Crippen LogP contribution in [0.25, 0.3) is 0 Å². The van der Waals surface area contributed by atoms with Gasteiger partial charge in [-0.2, -0.15) is 0 Å². The fourth-order valence-electron chi connectivity index (χ4n) is 3.45. The number of esters is 1. The first-order valence-corrected chi connectivity index (χ1v) is 8.58. The summed E-state index contributed by atoms with van der Waals surface area (Å²) in [5.41, 5.74) is -0.553. The zero-order valence-corrected chi connectivity index (χ0v) is 14.2. The molecule has 2 saturated carbocycles. The summed E-state index contributed by atoms with van der Waals surface area (Å²) < 4.78 is 5.05. The smallest absolute Gasteiger partial charge is 0.325 e. The standard InChI is InChI=1S/C17H32N2O2/c1-5-19(12-14-7-6-8-14)13(2)11-17(3,16(20)21-4)18-15-9-10-15/h13-15,18H,5-12H2,1-4H3. The van der Waals surface area contributed by atoms with Gasteiger partial charge in [-0.1, -0.05) is 13.3 Å². The molecule has 0 saturated heterocycles. The Labute approximate surface area is 129 Å². The lowest BCUT2D eigenvalue weighted by molar-refractivity contribution is -0.149. The summed E-state index contributed by atoms with van der Waals surface area (Å²) in [4.78, 5) is 14.8. The van der Waals surface area contributed by atoms with Crippen LogP contribution in [0.3, 0.4) is 0 Å². The van der Waals surface area contributed by atoms with E-state index >= 15 is 0 Å². The Morgan fingerprint density at radius 3 is 2.48 bits per heavy atom. The van der Waals surface area contributed by atoms with E-state index in [2.05, 4.69) is 24.1 Å². The Kier molecular flexibility index (Phi) is 5.67. The van der Waals surface area contributed by atoms with Crippen molar-refractivity contribution in [1.29, 1.82) is 0 Å². The van der Waals surface area contributed by atoms with E-state index in [1.807, 2.05) is 6.92 Å². The van der Waals surface area contributed by atoms with E-state index in [0.717, 1.165) is 18.9 Å². The van der Waals surface area contributed by atoms with Gasteiger partial charge in [0, 0.05) is 18.6 Å². The quantitative estimate of drug-likeness (QED) is 0.664. The Bertz CT molecular complexity index is 353. The first-order chi connectivity index (χ1) is 9.98. The Balaban J connectivity index is 1.94. The van der Waals surface area contributed by atoms with Crippen LogP contribution in [0.5, 0.6) is 0 Å². The van der Waals surface area contributed by atoms with Crippen molar-refractivity contribution < 1.29 is 9.53 Å². The molecule has 0 radical (unpaired) electrons. The number of nitrogens with zero attached hydrogens (tertiary/aromatic N) is 1. The monoisotopic (exact) mass is 296 g/mol. The van der Waals surface area contributed by atoms with Crippen molar-refractivity contribution in [3.8, 4) is 0 Å². The van der Waals surface area contributed by atoms with E-state index in [1.54, 1.807) is 0 Å². The molecule has 21 heavy (non-hydrogen) atoms. The number of hydrogen-bond donors (Lipinski definition) is 1. The van der Waals surface area contributed by atoms with Crippen LogP contribution in [0, 0.1) is 5.92 Å². The molecule has 0 spiro atoms. The first-order valence-electron chi connectivity index (χ1n) is 8.58. The summed E-state index contributed by atoms with van der Waals surface area (Å²) in [6.07, 6.45) is 7.31. The number of nitrogens with one attached hydrogen (secondary N) is 1. The second-order valence-corrected chi connectivity index (χ2v) is 7.18. The molecule has 0 heterocycles. The fourth-order valence-corrected chi connectivity index (χ4v) is 3.45. The maximum Gasteiger partial charge on any atom is 0.325 e. The molecule has 4 heteroatoms. The van der Waals surface area contributed by atoms with Crippen LogP contribution in [-0.4, -0.2) is 48.7 Å². The topological polar surface area (TPSA) is 41.6 Å². The summed E-state index contributed by atoms with van der Waals surface area (Å²) in [6.45, 7) is 8.71. The van der Waals surface area contributed by atoms with Crippen LogP contribution in [0.2, 0.25) is 0 Å². The summed E-state index contributed by atoms with van der Waals surface area (Å²) >= 11 is 0. The molecule has 0 bridgehead atoms. The molecule has 0 aromatic heterocycles. The van der Waals surface area contributed by atoms with Crippen molar-refractivity contribution in [2.45, 2.75) is 76.9 Å². The third-order valence-corrected chi connectivity index (χ3v) is 5.19. The zero-order chi connectivity index (χ0) is 15.5. The van der Waals surface area contributed by atoms with Crippen LogP contribution in [0.4, 0.5) is 0 Å². The van der Waals surface area contributed by atoms with E-state index in [-0.39, 0.29) is 5.97 Å². The predicted molar refractivity (Wildman–Crippen MR) is 85.2 cm³/mol. The summed E-state index contributed by atoms with van der Waals surface area (Å²) in [7, 11) is 1.49. The third kappa shape index (κ3) is 4.43. The van der Waals surface area contributed by atoms with Crippen molar-refractivity contribution >= 4 is 5.97 Å². The highest BCUT2D eigenvalue weighted by Gasteiger charge is 2.41. The number of methoxy groups -OCH3 is 1. The van der Waals surface area contributed by atoms with E-state index in [0.29, 0.717) is 12.1 Å². The second kappa shape index (κ2) is 7.10. The van der Waals surface area contributed by atoms with Gasteiger partial charge in [0.05, 0.1) is 7.11 Å². The molecule has 4 nitrogen and oxygen atoms in total. The molecule has 0 aromatic rings. The second-order valence-electron chi connectivity index (χ2n) is 7.18. The Morgan fingerprint density at radius 2 is 2.05 bits per heavy atom. The molecule has 2 aliphatic carbocycles. The van der Waals surface area contributed by atoms with Gasteiger partial charge in [0.25, 0.3) is 0 Å². The van der Waals surface area contributed by atoms with Gasteiger partial charge in [0.15, 0.2) is 0 Å². The predicted octanol–water partition coefficient (Wildman–Crippen LogP) is 2.57. The molecule has 2 atom stereocenters. The van der Waals surface area contributed by atoms with Gasteiger partial charge in [0.2, 0.25) is 0 Å². The maximum atomic E-state index is 12.2. The van der Waals surface area contributed by atoms with Crippen molar-refractivity contribution in [2.75, 3.05) is 20.2 Å². The van der Waals surface area contributed by atoms with E-state index < -0.39 is 5.54 Å². The van der Waals surface area contributed by atoms with Crippen LogP contribution in [0.15, 0.2) is 0 Å². The largest absolute Gasteiger partial charge is 0.468 e. The van der Waals surface area contributed by atoms with Crippen LogP contribution >= 0.6 is 0 Å². The molecule has 2 fully saturated rings. The van der Waals surface area contributed by atoms with Gasteiger partial charge >= 0.3 is 5.97 Å². The highest BCUT2D eigenvalue weighted by atomic mass is 16.5. The van der Waals surface area contributed by atoms with Crippen molar-refractivity contribution in [1.82, 2.24) is 10.2 Å². The minimum Gasteiger partial charge on any atom is -0.468 e. The van der Waals surface area contributed by atoms with Gasteiger partial charge in [-0.15, -0.1) is 0 Å². The van der Waals surface area contributed by atoms with Gasteiger partial charge < -0.3 is 9.64 Å². The average molecular weight is 296 g/mol. The molecule has 0 amide bonds. The average Bonchev–Trinajstić information content (AvgIpc) is 3.20. The van der Waals surface area contributed by atoms with Crippen molar-refractivity contribution in [3.63, 3.8) is 0 Å². The van der Waals surface area contributed by atoms with Gasteiger partial charge in [-0.25, -0.2) is 0 Å². The number of carbonyl (C=O) groups excluding carboxylic acids is 1. The van der Waals surface area contributed by atoms with E-state index in [9.17, 15) is 4.79 Å². The number of rotatable bonds is 9. The lowest BCUT2D eigenvalue weighted by atomic mass is 9.84. The van der Waals surface area contributed by atoms with Crippen molar-refractivity contribution in [2.24, 2.45) is 5.92 Å². The molecular weight excluding hydrogens is 264 g/mol. The summed E-state index contributed by atoms with van der Waals surface area (Å²) in [5.74, 6) is 0.745. The highest BCUT2D eigenvalue weighted by Crippen LogP contribution is 2.30. The number of ether oxygens (including phenoxy) is 1. The number of hydrogen-bond acceptors (Lipinski definition) is 4. The van der Waals surface area contributed by atoms with Gasteiger partial charge in [0.1, 0.15) is 5.54 Å². The van der Waals surface area contributed by atoms with Crippen molar-refractivity contribution in [3.05, 3.63) is 0 Å². The van der Waals surface area contributed by atoms with Gasteiger partial charge in [-0.05, 0) is 58.4 Å². The molecule has 2 unspecified atom stereocenters. The van der Waals surface area contributed by atoms with E-state index in [4.69, 9.17) is 4.74 Å². The zero-order valence-electron chi connectivity index (χ0n) is 14.2. The Hall–Kier alpha value is -0.610. The Morgan fingerprint density at radius 1 is 1.38 bits per heavy atom. The molecule has 2 rings (SSSR count). The first kappa shape index (κ1) is 16.8. The minimum absolute atomic E-state index is 0.124. The fraction of sp³-hybridized carbons (Fsp3) is 0.941.